The summed E-state index contributed by atoms with van der Waals surface area (Å²) in [5.41, 5.74) is 0.160. The van der Waals surface area contributed by atoms with Crippen LogP contribution in [0.25, 0.3) is 0 Å². The average Bonchev–Trinajstić information content (AvgIpc) is 2.48. The molecule has 0 saturated heterocycles. The third-order valence-electron chi connectivity index (χ3n) is 2.77. The molecule has 0 aliphatic heterocycles. The lowest BCUT2D eigenvalue weighted by Gasteiger charge is -2.08. The van der Waals surface area contributed by atoms with Gasteiger partial charge in [0.1, 0.15) is 17.3 Å². The number of halogens is 1. The molecule has 0 aliphatic carbocycles. The fourth-order valence-electron chi connectivity index (χ4n) is 1.77. The van der Waals surface area contributed by atoms with E-state index < -0.39 is 27.7 Å². The van der Waals surface area contributed by atoms with E-state index in [9.17, 15) is 17.6 Å². The Bertz CT molecular complexity index is 786. The first-order valence-corrected chi connectivity index (χ1v) is 7.83. The standard InChI is InChI=1S/C15H13FO5S/c1-20-15(17)11-6-4-7-13(9-11)21-22(18,19)10-12-5-2-3-8-14(12)16/h2-9H,10H2,1H3. The number of ether oxygens (including phenoxy) is 1. The minimum absolute atomic E-state index is 0.00613. The summed E-state index contributed by atoms with van der Waals surface area (Å²) in [6.07, 6.45) is 0. The Morgan fingerprint density at radius 2 is 1.86 bits per heavy atom. The van der Waals surface area contributed by atoms with Gasteiger partial charge >= 0.3 is 16.1 Å². The van der Waals surface area contributed by atoms with Crippen LogP contribution in [0.5, 0.6) is 5.75 Å². The largest absolute Gasteiger partial charge is 0.465 e. The number of carbonyl (C=O) groups is 1. The number of hydrogen-bond acceptors (Lipinski definition) is 5. The highest BCUT2D eigenvalue weighted by Crippen LogP contribution is 2.19. The third kappa shape index (κ3) is 4.05. The quantitative estimate of drug-likeness (QED) is 0.624. The van der Waals surface area contributed by atoms with Crippen molar-refractivity contribution in [3.63, 3.8) is 0 Å². The molecule has 0 atom stereocenters. The number of esters is 1. The van der Waals surface area contributed by atoms with E-state index in [1.54, 1.807) is 0 Å². The zero-order valence-corrected chi connectivity index (χ0v) is 12.5. The van der Waals surface area contributed by atoms with Gasteiger partial charge in [0, 0.05) is 5.56 Å². The molecule has 0 unspecified atom stereocenters. The number of hydrogen-bond donors (Lipinski definition) is 0. The maximum atomic E-state index is 13.5. The zero-order valence-electron chi connectivity index (χ0n) is 11.7. The molecule has 0 heterocycles. The van der Waals surface area contributed by atoms with Crippen molar-refractivity contribution < 1.29 is 26.5 Å². The van der Waals surface area contributed by atoms with Crippen molar-refractivity contribution >= 4 is 16.1 Å². The van der Waals surface area contributed by atoms with Gasteiger partial charge in [0.2, 0.25) is 0 Å². The molecule has 0 fully saturated rings. The van der Waals surface area contributed by atoms with Crippen LogP contribution in [0.1, 0.15) is 15.9 Å². The Hall–Kier alpha value is -2.41. The maximum Gasteiger partial charge on any atom is 0.337 e. The molecule has 0 spiro atoms. The molecular formula is C15H13FO5S. The van der Waals surface area contributed by atoms with E-state index in [-0.39, 0.29) is 16.9 Å². The molecule has 2 aromatic carbocycles. The van der Waals surface area contributed by atoms with Crippen LogP contribution in [-0.2, 0) is 20.6 Å². The molecule has 0 radical (unpaired) electrons. The van der Waals surface area contributed by atoms with Gasteiger partial charge in [-0.15, -0.1) is 0 Å². The normalized spacial score (nSPS) is 11.0. The summed E-state index contributed by atoms with van der Waals surface area (Å²) in [4.78, 5) is 11.4. The van der Waals surface area contributed by atoms with Crippen LogP contribution in [0.4, 0.5) is 4.39 Å². The predicted octanol–water partition coefficient (Wildman–Crippen LogP) is 2.52. The van der Waals surface area contributed by atoms with Gasteiger partial charge in [-0.3, -0.25) is 0 Å². The summed E-state index contributed by atoms with van der Waals surface area (Å²) in [5.74, 6) is -1.89. The minimum atomic E-state index is -4.05. The minimum Gasteiger partial charge on any atom is -0.465 e. The smallest absolute Gasteiger partial charge is 0.337 e. The number of rotatable bonds is 5. The van der Waals surface area contributed by atoms with Gasteiger partial charge in [-0.1, -0.05) is 24.3 Å². The average molecular weight is 324 g/mol. The second kappa shape index (κ2) is 6.57. The van der Waals surface area contributed by atoms with Crippen molar-refractivity contribution in [3.05, 3.63) is 65.5 Å². The molecule has 2 rings (SSSR count). The van der Waals surface area contributed by atoms with E-state index in [1.165, 1.54) is 55.6 Å². The second-order valence-electron chi connectivity index (χ2n) is 4.40. The second-order valence-corrected chi connectivity index (χ2v) is 5.97. The number of methoxy groups -OCH3 is 1. The lowest BCUT2D eigenvalue weighted by Crippen LogP contribution is -2.13. The van der Waals surface area contributed by atoms with Gasteiger partial charge in [-0.2, -0.15) is 8.42 Å². The lowest BCUT2D eigenvalue weighted by molar-refractivity contribution is 0.0600. The monoisotopic (exact) mass is 324 g/mol. The van der Waals surface area contributed by atoms with Crippen LogP contribution in [0.3, 0.4) is 0 Å². The molecule has 5 nitrogen and oxygen atoms in total. The summed E-state index contributed by atoms with van der Waals surface area (Å²) in [7, 11) is -2.84. The van der Waals surface area contributed by atoms with Crippen LogP contribution in [0.2, 0.25) is 0 Å². The Morgan fingerprint density at radius 3 is 2.55 bits per heavy atom. The highest BCUT2D eigenvalue weighted by molar-refractivity contribution is 7.86. The van der Waals surface area contributed by atoms with Crippen molar-refractivity contribution in [3.8, 4) is 5.75 Å². The Labute approximate surface area is 127 Å². The van der Waals surface area contributed by atoms with E-state index in [4.69, 9.17) is 4.18 Å². The van der Waals surface area contributed by atoms with Gasteiger partial charge in [-0.05, 0) is 24.3 Å². The molecule has 0 amide bonds. The molecule has 0 saturated carbocycles. The molecule has 0 N–H and O–H groups in total. The summed E-state index contributed by atoms with van der Waals surface area (Å²) in [6.45, 7) is 0. The SMILES string of the molecule is COC(=O)c1cccc(OS(=O)(=O)Cc2ccccc2F)c1. The molecule has 0 aliphatic rings. The first kappa shape index (κ1) is 16.0. The summed E-state index contributed by atoms with van der Waals surface area (Å²) < 4.78 is 46.9. The molecule has 22 heavy (non-hydrogen) atoms. The molecule has 2 aromatic rings. The highest BCUT2D eigenvalue weighted by atomic mass is 32.2. The fraction of sp³-hybridized carbons (Fsp3) is 0.133. The highest BCUT2D eigenvalue weighted by Gasteiger charge is 2.17. The Morgan fingerprint density at radius 1 is 1.14 bits per heavy atom. The first-order chi connectivity index (χ1) is 10.4. The first-order valence-electron chi connectivity index (χ1n) is 6.25. The van der Waals surface area contributed by atoms with Crippen LogP contribution in [0.15, 0.2) is 48.5 Å². The Kier molecular flexibility index (Phi) is 4.77. The number of carbonyl (C=O) groups excluding carboxylic acids is 1. The van der Waals surface area contributed by atoms with Crippen LogP contribution < -0.4 is 4.18 Å². The van der Waals surface area contributed by atoms with Gasteiger partial charge in [-0.25, -0.2) is 9.18 Å². The summed E-state index contributed by atoms with van der Waals surface area (Å²) in [5, 5.41) is 0. The summed E-state index contributed by atoms with van der Waals surface area (Å²) in [6, 6.07) is 11.1. The van der Waals surface area contributed by atoms with E-state index in [0.717, 1.165) is 0 Å². The molecule has 0 bridgehead atoms. The van der Waals surface area contributed by atoms with Gasteiger partial charge in [0.05, 0.1) is 12.7 Å². The Balaban J connectivity index is 2.19. The topological polar surface area (TPSA) is 69.7 Å². The fourth-order valence-corrected chi connectivity index (χ4v) is 2.85. The molecule has 116 valence electrons. The lowest BCUT2D eigenvalue weighted by atomic mass is 10.2. The van der Waals surface area contributed by atoms with E-state index in [2.05, 4.69) is 4.74 Å². The van der Waals surface area contributed by atoms with E-state index in [0.29, 0.717) is 0 Å². The molecular weight excluding hydrogens is 311 g/mol. The van der Waals surface area contributed by atoms with Gasteiger partial charge < -0.3 is 8.92 Å². The maximum absolute atomic E-state index is 13.5. The van der Waals surface area contributed by atoms with E-state index >= 15 is 0 Å². The molecule has 7 heteroatoms. The van der Waals surface area contributed by atoms with Crippen LogP contribution in [0, 0.1) is 5.82 Å². The van der Waals surface area contributed by atoms with Crippen molar-refractivity contribution in [2.75, 3.05) is 7.11 Å². The van der Waals surface area contributed by atoms with Crippen molar-refractivity contribution in [2.24, 2.45) is 0 Å². The van der Waals surface area contributed by atoms with Crippen molar-refractivity contribution in [2.45, 2.75) is 5.75 Å². The van der Waals surface area contributed by atoms with Gasteiger partial charge in [0.25, 0.3) is 0 Å². The van der Waals surface area contributed by atoms with E-state index in [1.807, 2.05) is 0 Å². The predicted molar refractivity (Wildman–Crippen MR) is 77.4 cm³/mol. The molecule has 0 aromatic heterocycles. The van der Waals surface area contributed by atoms with Gasteiger partial charge in [0.15, 0.2) is 0 Å². The van der Waals surface area contributed by atoms with Crippen molar-refractivity contribution in [1.29, 1.82) is 0 Å². The summed E-state index contributed by atoms with van der Waals surface area (Å²) >= 11 is 0. The zero-order chi connectivity index (χ0) is 16.2. The van der Waals surface area contributed by atoms with Crippen molar-refractivity contribution in [1.82, 2.24) is 0 Å². The number of benzene rings is 2. The third-order valence-corrected chi connectivity index (χ3v) is 3.88. The van der Waals surface area contributed by atoms with Crippen LogP contribution in [-0.4, -0.2) is 21.5 Å². The van der Waals surface area contributed by atoms with Crippen LogP contribution >= 0.6 is 0 Å².